The van der Waals surface area contributed by atoms with Gasteiger partial charge in [-0.1, -0.05) is 6.07 Å². The Hall–Kier alpha value is -1.75. The lowest BCUT2D eigenvalue weighted by Crippen LogP contribution is -3.07. The SMILES string of the molecule is COc1cccc(C[NH+](C)CCC(=O)[O-])c1OC. The summed E-state index contributed by atoms with van der Waals surface area (Å²) in [5.74, 6) is 0.363. The van der Waals surface area contributed by atoms with Crippen molar-refractivity contribution >= 4 is 5.97 Å². The molecule has 0 aliphatic heterocycles. The number of aliphatic carboxylic acids is 1. The van der Waals surface area contributed by atoms with Gasteiger partial charge in [-0.2, -0.15) is 0 Å². The highest BCUT2D eigenvalue weighted by atomic mass is 16.5. The molecular weight excluding hydrogens is 234 g/mol. The largest absolute Gasteiger partial charge is 0.550 e. The monoisotopic (exact) mass is 253 g/mol. The molecule has 0 heterocycles. The number of hydrogen-bond donors (Lipinski definition) is 1. The molecule has 0 radical (unpaired) electrons. The number of carbonyl (C=O) groups is 1. The van der Waals surface area contributed by atoms with Gasteiger partial charge in [-0.05, 0) is 12.1 Å². The maximum absolute atomic E-state index is 10.4. The van der Waals surface area contributed by atoms with Crippen LogP contribution >= 0.6 is 0 Å². The fourth-order valence-electron chi connectivity index (χ4n) is 1.82. The Kier molecular flexibility index (Phi) is 5.45. The van der Waals surface area contributed by atoms with E-state index in [0.717, 1.165) is 10.5 Å². The van der Waals surface area contributed by atoms with Gasteiger partial charge in [0.15, 0.2) is 11.5 Å². The number of hydrogen-bond acceptors (Lipinski definition) is 4. The number of carboxylic acids is 1. The Bertz CT molecular complexity index is 406. The predicted molar refractivity (Wildman–Crippen MR) is 64.6 cm³/mol. The first-order chi connectivity index (χ1) is 8.58. The van der Waals surface area contributed by atoms with Crippen LogP contribution in [0.3, 0.4) is 0 Å². The minimum absolute atomic E-state index is 0.0537. The lowest BCUT2D eigenvalue weighted by atomic mass is 10.1. The summed E-state index contributed by atoms with van der Waals surface area (Å²) in [6.45, 7) is 1.19. The number of quaternary nitrogens is 1. The first-order valence-corrected chi connectivity index (χ1v) is 5.79. The van der Waals surface area contributed by atoms with E-state index < -0.39 is 5.97 Å². The van der Waals surface area contributed by atoms with Crippen LogP contribution in [0, 0.1) is 0 Å². The minimum atomic E-state index is -1.02. The molecule has 0 fully saturated rings. The van der Waals surface area contributed by atoms with Gasteiger partial charge in [0.25, 0.3) is 0 Å². The van der Waals surface area contributed by atoms with E-state index in [1.807, 2.05) is 25.2 Å². The van der Waals surface area contributed by atoms with Crippen molar-refractivity contribution in [2.45, 2.75) is 13.0 Å². The first-order valence-electron chi connectivity index (χ1n) is 5.79. The van der Waals surface area contributed by atoms with Crippen LogP contribution in [-0.2, 0) is 11.3 Å². The molecule has 5 heteroatoms. The molecule has 0 aliphatic carbocycles. The number of methoxy groups -OCH3 is 2. The third-order valence-corrected chi connectivity index (χ3v) is 2.73. The zero-order valence-corrected chi connectivity index (χ0v) is 11.0. The van der Waals surface area contributed by atoms with Crippen LogP contribution in [0.15, 0.2) is 18.2 Å². The molecule has 1 unspecified atom stereocenters. The number of ether oxygens (including phenoxy) is 2. The standard InChI is InChI=1S/C13H19NO4/c1-14(8-7-12(15)16)9-10-5-4-6-11(17-2)13(10)18-3/h4-6H,7-9H2,1-3H3,(H,15,16). The first kappa shape index (κ1) is 14.3. The molecule has 0 saturated carbocycles. The van der Waals surface area contributed by atoms with Crippen molar-refractivity contribution in [3.63, 3.8) is 0 Å². The molecule has 0 spiro atoms. The van der Waals surface area contributed by atoms with E-state index >= 15 is 0 Å². The average Bonchev–Trinajstić information content (AvgIpc) is 2.36. The summed E-state index contributed by atoms with van der Waals surface area (Å²) in [6.07, 6.45) is 0.0537. The summed E-state index contributed by atoms with van der Waals surface area (Å²) >= 11 is 0. The summed E-state index contributed by atoms with van der Waals surface area (Å²) in [6, 6.07) is 5.67. The van der Waals surface area contributed by atoms with Gasteiger partial charge in [0.2, 0.25) is 0 Å². The Balaban J connectivity index is 2.74. The highest BCUT2D eigenvalue weighted by Crippen LogP contribution is 2.29. The molecule has 0 aliphatic rings. The van der Waals surface area contributed by atoms with Gasteiger partial charge in [-0.3, -0.25) is 0 Å². The third-order valence-electron chi connectivity index (χ3n) is 2.73. The molecule has 0 bridgehead atoms. The lowest BCUT2D eigenvalue weighted by Gasteiger charge is -2.17. The minimum Gasteiger partial charge on any atom is -0.550 e. The Morgan fingerprint density at radius 1 is 1.33 bits per heavy atom. The van der Waals surface area contributed by atoms with Crippen molar-refractivity contribution in [3.05, 3.63) is 23.8 Å². The van der Waals surface area contributed by atoms with Gasteiger partial charge in [0.1, 0.15) is 6.54 Å². The molecule has 1 aromatic carbocycles. The molecule has 1 atom stereocenters. The van der Waals surface area contributed by atoms with Crippen LogP contribution in [-0.4, -0.2) is 33.8 Å². The van der Waals surface area contributed by atoms with E-state index in [-0.39, 0.29) is 6.42 Å². The van der Waals surface area contributed by atoms with Gasteiger partial charge < -0.3 is 24.3 Å². The van der Waals surface area contributed by atoms with E-state index in [4.69, 9.17) is 9.47 Å². The van der Waals surface area contributed by atoms with Crippen molar-refractivity contribution in [3.8, 4) is 11.5 Å². The maximum atomic E-state index is 10.4. The second kappa shape index (κ2) is 6.86. The zero-order valence-electron chi connectivity index (χ0n) is 11.0. The van der Waals surface area contributed by atoms with Gasteiger partial charge in [-0.15, -0.1) is 0 Å². The maximum Gasteiger partial charge on any atom is 0.169 e. The molecule has 0 aromatic heterocycles. The summed E-state index contributed by atoms with van der Waals surface area (Å²) in [7, 11) is 5.12. The molecule has 1 aromatic rings. The fourth-order valence-corrected chi connectivity index (χ4v) is 1.82. The van der Waals surface area contributed by atoms with Gasteiger partial charge in [-0.25, -0.2) is 0 Å². The number of benzene rings is 1. The summed E-state index contributed by atoms with van der Waals surface area (Å²) in [5.41, 5.74) is 0.993. The van der Waals surface area contributed by atoms with E-state index in [2.05, 4.69) is 0 Å². The average molecular weight is 253 g/mol. The Labute approximate surface area is 107 Å². The van der Waals surface area contributed by atoms with Crippen LogP contribution in [0.25, 0.3) is 0 Å². The van der Waals surface area contributed by atoms with Crippen LogP contribution in [0.1, 0.15) is 12.0 Å². The topological polar surface area (TPSA) is 63.0 Å². The molecule has 1 rings (SSSR count). The number of para-hydroxylation sites is 1. The molecular formula is C13H19NO4. The number of rotatable bonds is 7. The summed E-state index contributed by atoms with van der Waals surface area (Å²) < 4.78 is 10.5. The van der Waals surface area contributed by atoms with Crippen LogP contribution in [0.4, 0.5) is 0 Å². The van der Waals surface area contributed by atoms with E-state index in [1.54, 1.807) is 14.2 Å². The number of carboxylic acid groups (broad SMARTS) is 1. The number of nitrogens with one attached hydrogen (secondary N) is 1. The molecule has 0 amide bonds. The molecule has 1 N–H and O–H groups in total. The molecule has 0 saturated heterocycles. The second-order valence-electron chi connectivity index (χ2n) is 4.16. The fraction of sp³-hybridized carbons (Fsp3) is 0.462. The van der Waals surface area contributed by atoms with Crippen LogP contribution < -0.4 is 19.5 Å². The van der Waals surface area contributed by atoms with Crippen LogP contribution in [0.2, 0.25) is 0 Å². The van der Waals surface area contributed by atoms with E-state index in [0.29, 0.717) is 24.6 Å². The van der Waals surface area contributed by atoms with Crippen molar-refractivity contribution in [1.29, 1.82) is 0 Å². The second-order valence-corrected chi connectivity index (χ2v) is 4.16. The molecule has 18 heavy (non-hydrogen) atoms. The zero-order chi connectivity index (χ0) is 13.5. The van der Waals surface area contributed by atoms with Crippen molar-refractivity contribution in [1.82, 2.24) is 0 Å². The normalized spacial score (nSPS) is 11.9. The van der Waals surface area contributed by atoms with Crippen molar-refractivity contribution < 1.29 is 24.3 Å². The van der Waals surface area contributed by atoms with Gasteiger partial charge >= 0.3 is 0 Å². The summed E-state index contributed by atoms with van der Waals surface area (Å²) in [4.78, 5) is 11.5. The third kappa shape index (κ3) is 3.92. The highest BCUT2D eigenvalue weighted by molar-refractivity contribution is 5.64. The van der Waals surface area contributed by atoms with Gasteiger partial charge in [0, 0.05) is 12.4 Å². The van der Waals surface area contributed by atoms with Gasteiger partial charge in [0.05, 0.1) is 33.4 Å². The predicted octanol–water partition coefficient (Wildman–Crippen LogP) is -1.14. The van der Waals surface area contributed by atoms with Crippen molar-refractivity contribution in [2.24, 2.45) is 0 Å². The number of carbonyl (C=O) groups excluding carboxylic acids is 1. The molecule has 5 nitrogen and oxygen atoms in total. The highest BCUT2D eigenvalue weighted by Gasteiger charge is 2.13. The lowest BCUT2D eigenvalue weighted by molar-refractivity contribution is -0.893. The smallest absolute Gasteiger partial charge is 0.169 e. The van der Waals surface area contributed by atoms with E-state index in [9.17, 15) is 9.90 Å². The summed E-state index contributed by atoms with van der Waals surface area (Å²) in [5, 5.41) is 10.4. The molecule has 100 valence electrons. The Morgan fingerprint density at radius 2 is 2.06 bits per heavy atom. The van der Waals surface area contributed by atoms with Crippen LogP contribution in [0.5, 0.6) is 11.5 Å². The van der Waals surface area contributed by atoms with Crippen molar-refractivity contribution in [2.75, 3.05) is 27.8 Å². The van der Waals surface area contributed by atoms with E-state index in [1.165, 1.54) is 0 Å². The quantitative estimate of drug-likeness (QED) is 0.667. The Morgan fingerprint density at radius 3 is 2.61 bits per heavy atom.